The Morgan fingerprint density at radius 1 is 1.16 bits per heavy atom. The van der Waals surface area contributed by atoms with Crippen molar-refractivity contribution in [3.63, 3.8) is 0 Å². The second kappa shape index (κ2) is 6.45. The van der Waals surface area contributed by atoms with E-state index >= 15 is 0 Å². The van der Waals surface area contributed by atoms with Gasteiger partial charge >= 0.3 is 5.97 Å². The summed E-state index contributed by atoms with van der Waals surface area (Å²) in [6.45, 7) is -0.225. The van der Waals surface area contributed by atoms with Crippen LogP contribution < -0.4 is 11.5 Å². The number of amides is 2. The fourth-order valence-corrected chi connectivity index (χ4v) is 1.52. The van der Waals surface area contributed by atoms with Crippen LogP contribution in [-0.2, 0) is 16.1 Å². The van der Waals surface area contributed by atoms with Crippen LogP contribution in [0.25, 0.3) is 0 Å². The number of hydrogen-bond acceptors (Lipinski definition) is 5. The number of pyridine rings is 1. The minimum atomic E-state index is -1.15. The molecule has 19 heavy (non-hydrogen) atoms. The Morgan fingerprint density at radius 2 is 1.74 bits per heavy atom. The lowest BCUT2D eigenvalue weighted by atomic mass is 10.2. The van der Waals surface area contributed by atoms with Crippen molar-refractivity contribution in [2.45, 2.75) is 6.54 Å². The van der Waals surface area contributed by atoms with Crippen LogP contribution in [0.3, 0.4) is 0 Å². The van der Waals surface area contributed by atoms with Gasteiger partial charge in [0.1, 0.15) is 5.69 Å². The van der Waals surface area contributed by atoms with Crippen LogP contribution in [0.2, 0.25) is 0 Å². The Morgan fingerprint density at radius 3 is 2.21 bits per heavy atom. The van der Waals surface area contributed by atoms with Gasteiger partial charge in [0.15, 0.2) is 0 Å². The minimum Gasteiger partial charge on any atom is -0.477 e. The fourth-order valence-electron chi connectivity index (χ4n) is 1.52. The van der Waals surface area contributed by atoms with E-state index in [0.29, 0.717) is 5.69 Å². The summed E-state index contributed by atoms with van der Waals surface area (Å²) in [6, 6.07) is 4.46. The van der Waals surface area contributed by atoms with E-state index < -0.39 is 17.8 Å². The molecule has 5 N–H and O–H groups in total. The lowest BCUT2D eigenvalue weighted by Crippen LogP contribution is -2.39. The average Bonchev–Trinajstić information content (AvgIpc) is 2.27. The van der Waals surface area contributed by atoms with Crippen molar-refractivity contribution in [2.75, 3.05) is 13.1 Å². The zero-order chi connectivity index (χ0) is 14.4. The Balaban J connectivity index is 2.82. The summed E-state index contributed by atoms with van der Waals surface area (Å²) in [6.07, 6.45) is 0. The van der Waals surface area contributed by atoms with E-state index in [1.807, 2.05) is 0 Å². The maximum Gasteiger partial charge on any atom is 0.354 e. The number of aromatic carboxylic acids is 1. The van der Waals surface area contributed by atoms with E-state index in [1.54, 1.807) is 6.07 Å². The normalized spacial score (nSPS) is 10.4. The van der Waals surface area contributed by atoms with E-state index in [-0.39, 0.29) is 25.3 Å². The Bertz CT molecular complexity index is 487. The van der Waals surface area contributed by atoms with Crippen molar-refractivity contribution in [3.8, 4) is 0 Å². The highest BCUT2D eigenvalue weighted by molar-refractivity contribution is 5.85. The van der Waals surface area contributed by atoms with E-state index in [1.165, 1.54) is 17.0 Å². The summed E-state index contributed by atoms with van der Waals surface area (Å²) in [4.78, 5) is 37.8. The third kappa shape index (κ3) is 5.13. The molecule has 1 rings (SSSR count). The number of carbonyl (C=O) groups is 3. The Labute approximate surface area is 109 Å². The zero-order valence-electron chi connectivity index (χ0n) is 10.1. The number of rotatable bonds is 7. The summed E-state index contributed by atoms with van der Waals surface area (Å²) in [7, 11) is 0. The van der Waals surface area contributed by atoms with Crippen LogP contribution in [0.15, 0.2) is 18.2 Å². The zero-order valence-corrected chi connectivity index (χ0v) is 10.1. The number of carboxylic acids is 1. The predicted molar refractivity (Wildman–Crippen MR) is 64.9 cm³/mol. The molecule has 0 radical (unpaired) electrons. The number of aromatic nitrogens is 1. The summed E-state index contributed by atoms with van der Waals surface area (Å²) in [5.74, 6) is -2.38. The topological polar surface area (TPSA) is 140 Å². The first kappa shape index (κ1) is 14.6. The van der Waals surface area contributed by atoms with Gasteiger partial charge in [-0.15, -0.1) is 0 Å². The molecular weight excluding hydrogens is 252 g/mol. The highest BCUT2D eigenvalue weighted by atomic mass is 16.4. The van der Waals surface area contributed by atoms with E-state index in [9.17, 15) is 14.4 Å². The third-order valence-corrected chi connectivity index (χ3v) is 2.17. The smallest absolute Gasteiger partial charge is 0.354 e. The van der Waals surface area contributed by atoms with Crippen molar-refractivity contribution in [1.29, 1.82) is 0 Å². The molecule has 0 fully saturated rings. The van der Waals surface area contributed by atoms with Crippen molar-refractivity contribution in [3.05, 3.63) is 29.6 Å². The first-order chi connectivity index (χ1) is 8.88. The van der Waals surface area contributed by atoms with Gasteiger partial charge in [-0.3, -0.25) is 14.5 Å². The van der Waals surface area contributed by atoms with Crippen LogP contribution in [0.5, 0.6) is 0 Å². The van der Waals surface area contributed by atoms with Gasteiger partial charge in [0.25, 0.3) is 0 Å². The van der Waals surface area contributed by atoms with Crippen molar-refractivity contribution < 1.29 is 19.5 Å². The lowest BCUT2D eigenvalue weighted by Gasteiger charge is -2.18. The molecule has 0 saturated carbocycles. The molecule has 8 heteroatoms. The quantitative estimate of drug-likeness (QED) is 0.551. The standard InChI is InChI=1S/C11H14N4O4/c12-9(16)5-15(6-10(13)17)4-7-2-1-3-8(14-7)11(18)19/h1-3H,4-6H2,(H2,12,16)(H2,13,17)(H,18,19). The molecule has 1 aromatic rings. The van der Waals surface area contributed by atoms with Crippen molar-refractivity contribution >= 4 is 17.8 Å². The van der Waals surface area contributed by atoms with Crippen LogP contribution in [0, 0.1) is 0 Å². The molecule has 0 unspecified atom stereocenters. The monoisotopic (exact) mass is 266 g/mol. The number of nitrogens with zero attached hydrogens (tertiary/aromatic N) is 2. The molecule has 2 amide bonds. The number of primary amides is 2. The Hall–Kier alpha value is -2.48. The molecule has 0 aliphatic carbocycles. The van der Waals surface area contributed by atoms with Gasteiger partial charge in [0, 0.05) is 6.54 Å². The molecule has 0 atom stereocenters. The number of nitrogens with two attached hydrogens (primary N) is 2. The van der Waals surface area contributed by atoms with Gasteiger partial charge in [-0.2, -0.15) is 0 Å². The second-order valence-electron chi connectivity index (χ2n) is 3.90. The lowest BCUT2D eigenvalue weighted by molar-refractivity contribution is -0.122. The van der Waals surface area contributed by atoms with Crippen LogP contribution >= 0.6 is 0 Å². The molecule has 0 spiro atoms. The van der Waals surface area contributed by atoms with Gasteiger partial charge in [0.2, 0.25) is 11.8 Å². The molecule has 0 saturated heterocycles. The van der Waals surface area contributed by atoms with Gasteiger partial charge in [-0.05, 0) is 12.1 Å². The fraction of sp³-hybridized carbons (Fsp3) is 0.273. The molecule has 0 bridgehead atoms. The molecule has 8 nitrogen and oxygen atoms in total. The highest BCUT2D eigenvalue weighted by Crippen LogP contribution is 2.04. The first-order valence-corrected chi connectivity index (χ1v) is 5.36. The maximum atomic E-state index is 10.9. The van der Waals surface area contributed by atoms with Crippen LogP contribution in [-0.4, -0.2) is 45.9 Å². The van der Waals surface area contributed by atoms with Crippen molar-refractivity contribution in [2.24, 2.45) is 11.5 Å². The number of carboxylic acid groups (broad SMARTS) is 1. The molecule has 0 aliphatic rings. The Kier molecular flexibility index (Phi) is 4.95. The molecular formula is C11H14N4O4. The first-order valence-electron chi connectivity index (χ1n) is 5.36. The summed E-state index contributed by atoms with van der Waals surface area (Å²) in [5, 5.41) is 8.81. The van der Waals surface area contributed by atoms with Crippen LogP contribution in [0.1, 0.15) is 16.2 Å². The summed E-state index contributed by atoms with van der Waals surface area (Å²) >= 11 is 0. The van der Waals surface area contributed by atoms with E-state index in [0.717, 1.165) is 0 Å². The van der Waals surface area contributed by atoms with Gasteiger partial charge in [0.05, 0.1) is 18.8 Å². The maximum absolute atomic E-state index is 10.9. The van der Waals surface area contributed by atoms with E-state index in [4.69, 9.17) is 16.6 Å². The summed E-state index contributed by atoms with van der Waals surface area (Å²) in [5.41, 5.74) is 10.4. The highest BCUT2D eigenvalue weighted by Gasteiger charge is 2.13. The molecule has 0 aromatic carbocycles. The van der Waals surface area contributed by atoms with Crippen molar-refractivity contribution in [1.82, 2.24) is 9.88 Å². The van der Waals surface area contributed by atoms with Crippen LogP contribution in [0.4, 0.5) is 0 Å². The molecule has 102 valence electrons. The van der Waals surface area contributed by atoms with Gasteiger partial charge in [-0.25, -0.2) is 9.78 Å². The molecule has 0 aliphatic heterocycles. The minimum absolute atomic E-state index is 0.104. The summed E-state index contributed by atoms with van der Waals surface area (Å²) < 4.78 is 0. The predicted octanol–water partition coefficient (Wildman–Crippen LogP) is -1.45. The molecule has 1 aromatic heterocycles. The van der Waals surface area contributed by atoms with Gasteiger partial charge in [-0.1, -0.05) is 6.07 Å². The largest absolute Gasteiger partial charge is 0.477 e. The number of carbonyl (C=O) groups excluding carboxylic acids is 2. The number of hydrogen-bond donors (Lipinski definition) is 3. The SMILES string of the molecule is NC(=O)CN(CC(N)=O)Cc1cccc(C(=O)O)n1. The van der Waals surface area contributed by atoms with E-state index in [2.05, 4.69) is 4.98 Å². The third-order valence-electron chi connectivity index (χ3n) is 2.17. The van der Waals surface area contributed by atoms with Gasteiger partial charge < -0.3 is 16.6 Å². The molecule has 1 heterocycles. The second-order valence-corrected chi connectivity index (χ2v) is 3.90. The average molecular weight is 266 g/mol.